The molecule has 0 saturated carbocycles. The van der Waals surface area contributed by atoms with Crippen molar-refractivity contribution in [2.75, 3.05) is 0 Å². The number of hydrogen-bond acceptors (Lipinski definition) is 3. The summed E-state index contributed by atoms with van der Waals surface area (Å²) in [6, 6.07) is 12.9. The largest absolute Gasteiger partial charge is 0.493 e. The van der Waals surface area contributed by atoms with Crippen LogP contribution in [0.4, 0.5) is 5.69 Å². The van der Waals surface area contributed by atoms with E-state index in [1.54, 1.807) is 22.8 Å². The molecule has 24 heavy (non-hydrogen) atoms. The molecule has 0 aliphatic carbocycles. The first kappa shape index (κ1) is 16.4. The summed E-state index contributed by atoms with van der Waals surface area (Å²) in [6.07, 6.45) is 0. The third-order valence-corrected chi connectivity index (χ3v) is 4.52. The molecule has 0 unspecified atom stereocenters. The molecule has 0 fully saturated rings. The van der Waals surface area contributed by atoms with E-state index < -0.39 is 5.91 Å². The molecule has 3 rings (SSSR count). The zero-order valence-corrected chi connectivity index (χ0v) is 14.9. The molecule has 6 heteroatoms. The first-order valence-electron chi connectivity index (χ1n) is 7.55. The minimum absolute atomic E-state index is 0.0155. The van der Waals surface area contributed by atoms with Crippen LogP contribution < -0.4 is 0 Å². The Morgan fingerprint density at radius 3 is 2.71 bits per heavy atom. The van der Waals surface area contributed by atoms with E-state index in [9.17, 15) is 9.90 Å². The van der Waals surface area contributed by atoms with Gasteiger partial charge in [-0.3, -0.25) is 4.79 Å². The van der Waals surface area contributed by atoms with Gasteiger partial charge in [0.05, 0.1) is 11.1 Å². The molecule has 0 bridgehead atoms. The Morgan fingerprint density at radius 2 is 2.00 bits per heavy atom. The maximum Gasteiger partial charge on any atom is 0.296 e. The van der Waals surface area contributed by atoms with Crippen LogP contribution >= 0.6 is 15.9 Å². The summed E-state index contributed by atoms with van der Waals surface area (Å²) in [4.78, 5) is 12.3. The minimum atomic E-state index is -0.466. The minimum Gasteiger partial charge on any atom is -0.493 e. The predicted octanol–water partition coefficient (Wildman–Crippen LogP) is 5.36. The Balaban J connectivity index is 2.07. The van der Waals surface area contributed by atoms with Gasteiger partial charge in [0.2, 0.25) is 5.88 Å². The number of aromatic nitrogens is 1. The molecule has 0 aliphatic rings. The molecule has 1 heterocycles. The van der Waals surface area contributed by atoms with Crippen molar-refractivity contribution in [1.29, 1.82) is 0 Å². The van der Waals surface area contributed by atoms with Gasteiger partial charge in [-0.05, 0) is 54.0 Å². The van der Waals surface area contributed by atoms with Crippen LogP contribution in [0.15, 0.2) is 57.2 Å². The molecule has 5 nitrogen and oxygen atoms in total. The fourth-order valence-corrected chi connectivity index (χ4v) is 3.09. The predicted molar refractivity (Wildman–Crippen MR) is 97.0 cm³/mol. The first-order valence-corrected chi connectivity index (χ1v) is 8.34. The number of aryl methyl sites for hydroxylation is 2. The van der Waals surface area contributed by atoms with E-state index in [1.807, 2.05) is 38.1 Å². The van der Waals surface area contributed by atoms with Crippen LogP contribution in [0.25, 0.3) is 10.9 Å². The van der Waals surface area contributed by atoms with E-state index >= 15 is 0 Å². The zero-order valence-electron chi connectivity index (χ0n) is 13.3. The lowest BCUT2D eigenvalue weighted by molar-refractivity contribution is 0.0994. The molecule has 1 N–H and O–H groups in total. The fourth-order valence-electron chi connectivity index (χ4n) is 2.64. The van der Waals surface area contributed by atoms with Gasteiger partial charge < -0.3 is 9.67 Å². The van der Waals surface area contributed by atoms with E-state index in [2.05, 4.69) is 26.2 Å². The number of nitrogens with zero attached hydrogens (tertiary/aromatic N) is 3. The highest BCUT2D eigenvalue weighted by molar-refractivity contribution is 9.10. The van der Waals surface area contributed by atoms with Crippen molar-refractivity contribution in [2.24, 2.45) is 10.2 Å². The van der Waals surface area contributed by atoms with Gasteiger partial charge in [-0.15, -0.1) is 10.2 Å². The third kappa shape index (κ3) is 2.85. The zero-order chi connectivity index (χ0) is 17.3. The number of amides is 1. The highest BCUT2D eigenvalue weighted by Crippen LogP contribution is 2.39. The molecule has 2 aromatic carbocycles. The van der Waals surface area contributed by atoms with Gasteiger partial charge in [0.15, 0.2) is 5.69 Å². The Hall–Kier alpha value is -2.47. The fraction of sp³-hybridized carbons (Fsp3) is 0.167. The van der Waals surface area contributed by atoms with Crippen molar-refractivity contribution in [3.8, 4) is 5.88 Å². The van der Waals surface area contributed by atoms with Gasteiger partial charge in [0.1, 0.15) is 0 Å². The van der Waals surface area contributed by atoms with E-state index in [0.29, 0.717) is 22.3 Å². The van der Waals surface area contributed by atoms with Crippen molar-refractivity contribution < 1.29 is 9.90 Å². The van der Waals surface area contributed by atoms with E-state index in [-0.39, 0.29) is 5.88 Å². The van der Waals surface area contributed by atoms with E-state index in [0.717, 1.165) is 16.5 Å². The number of carbonyl (C=O) groups excluding carboxylic acids is 1. The summed E-state index contributed by atoms with van der Waals surface area (Å²) in [7, 11) is 0. The Labute approximate surface area is 147 Å². The molecule has 0 spiro atoms. The molecule has 3 aromatic rings. The summed E-state index contributed by atoms with van der Waals surface area (Å²) in [6.45, 7) is 4.50. The number of aromatic hydroxyl groups is 1. The highest BCUT2D eigenvalue weighted by atomic mass is 79.9. The molecular weight excluding hydrogens is 370 g/mol. The van der Waals surface area contributed by atoms with Gasteiger partial charge in [-0.1, -0.05) is 23.8 Å². The monoisotopic (exact) mass is 385 g/mol. The number of carbonyl (C=O) groups is 1. The molecule has 0 atom stereocenters. The van der Waals surface area contributed by atoms with E-state index in [1.165, 1.54) is 0 Å². The Bertz CT molecular complexity index is 960. The van der Waals surface area contributed by atoms with Crippen LogP contribution in [0.1, 0.15) is 22.8 Å². The lowest BCUT2D eigenvalue weighted by atomic mass is 10.1. The van der Waals surface area contributed by atoms with Gasteiger partial charge in [0.25, 0.3) is 5.91 Å². The highest BCUT2D eigenvalue weighted by Gasteiger charge is 2.16. The maximum absolute atomic E-state index is 12.3. The number of benzene rings is 2. The summed E-state index contributed by atoms with van der Waals surface area (Å²) in [5.41, 5.74) is 2.65. The molecule has 0 radical (unpaired) electrons. The molecule has 1 aromatic heterocycles. The van der Waals surface area contributed by atoms with Crippen molar-refractivity contribution >= 4 is 38.4 Å². The second kappa shape index (κ2) is 6.57. The summed E-state index contributed by atoms with van der Waals surface area (Å²) in [5.74, 6) is -0.450. The van der Waals surface area contributed by atoms with Crippen LogP contribution in [0.3, 0.4) is 0 Å². The standard InChI is InChI=1S/C18H16BrN3O2/c1-3-22-15-9-8-11(2)10-13(15)16(18(22)24)20-21-17(23)12-6-4-5-7-14(12)19/h4-10,24H,3H2,1-2H3. The quantitative estimate of drug-likeness (QED) is 0.616. The van der Waals surface area contributed by atoms with Crippen LogP contribution in [0, 0.1) is 6.92 Å². The second-order valence-electron chi connectivity index (χ2n) is 5.42. The van der Waals surface area contributed by atoms with Crippen LogP contribution in [0.2, 0.25) is 0 Å². The van der Waals surface area contributed by atoms with E-state index in [4.69, 9.17) is 0 Å². The molecule has 1 amide bonds. The van der Waals surface area contributed by atoms with Crippen LogP contribution in [-0.2, 0) is 6.54 Å². The lowest BCUT2D eigenvalue weighted by Crippen LogP contribution is -1.94. The first-order chi connectivity index (χ1) is 11.5. The van der Waals surface area contributed by atoms with Gasteiger partial charge in [-0.2, -0.15) is 0 Å². The molecule has 122 valence electrons. The van der Waals surface area contributed by atoms with Crippen molar-refractivity contribution in [2.45, 2.75) is 20.4 Å². The van der Waals surface area contributed by atoms with Crippen molar-refractivity contribution in [3.05, 3.63) is 58.1 Å². The number of hydrogen-bond donors (Lipinski definition) is 1. The Kier molecular flexibility index (Phi) is 4.49. The molecule has 0 saturated heterocycles. The summed E-state index contributed by atoms with van der Waals surface area (Å²) >= 11 is 3.33. The molecule has 0 aliphatic heterocycles. The maximum atomic E-state index is 12.3. The van der Waals surface area contributed by atoms with Gasteiger partial charge in [0, 0.05) is 16.4 Å². The van der Waals surface area contributed by atoms with Crippen LogP contribution in [0.5, 0.6) is 5.88 Å². The van der Waals surface area contributed by atoms with Crippen LogP contribution in [-0.4, -0.2) is 15.6 Å². The number of rotatable bonds is 3. The smallest absolute Gasteiger partial charge is 0.296 e. The van der Waals surface area contributed by atoms with Gasteiger partial charge in [-0.25, -0.2) is 0 Å². The summed E-state index contributed by atoms with van der Waals surface area (Å²) < 4.78 is 2.40. The third-order valence-electron chi connectivity index (χ3n) is 3.83. The number of fused-ring (bicyclic) bond motifs is 1. The SMILES string of the molecule is CCn1c(O)c(N=NC(=O)c2ccccc2Br)c2cc(C)ccc21. The topological polar surface area (TPSA) is 66.9 Å². The summed E-state index contributed by atoms with van der Waals surface area (Å²) in [5, 5.41) is 19.0. The van der Waals surface area contributed by atoms with Crippen molar-refractivity contribution in [3.63, 3.8) is 0 Å². The lowest BCUT2D eigenvalue weighted by Gasteiger charge is -2.01. The molecular formula is C18H16BrN3O2. The average molecular weight is 386 g/mol. The van der Waals surface area contributed by atoms with Gasteiger partial charge >= 0.3 is 0 Å². The number of azo groups is 1. The Morgan fingerprint density at radius 1 is 1.25 bits per heavy atom. The number of halogens is 1. The van der Waals surface area contributed by atoms with Crippen molar-refractivity contribution in [1.82, 2.24) is 4.57 Å². The second-order valence-corrected chi connectivity index (χ2v) is 6.28. The normalized spacial score (nSPS) is 11.5. The average Bonchev–Trinajstić information content (AvgIpc) is 2.83.